The number of aryl methyl sites for hydroxylation is 1. The minimum absolute atomic E-state index is 0.0703. The highest BCUT2D eigenvalue weighted by atomic mass is 16.5. The molecule has 0 bridgehead atoms. The number of pyridine rings is 1. The molecular formula is C34H47N5O4. The van der Waals surface area contributed by atoms with E-state index in [1.807, 2.05) is 26.8 Å². The third kappa shape index (κ3) is 7.57. The molecule has 9 nitrogen and oxygen atoms in total. The van der Waals surface area contributed by atoms with Gasteiger partial charge in [0, 0.05) is 41.4 Å². The number of carbonyl (C=O) groups excluding carboxylic acids is 1. The van der Waals surface area contributed by atoms with Crippen molar-refractivity contribution in [2.24, 2.45) is 0 Å². The van der Waals surface area contributed by atoms with Crippen LogP contribution in [-0.2, 0) is 27.9 Å². The van der Waals surface area contributed by atoms with Crippen LogP contribution >= 0.6 is 0 Å². The molecule has 232 valence electrons. The molecule has 0 fully saturated rings. The Kier molecular flexibility index (Phi) is 9.85. The first-order chi connectivity index (χ1) is 20.3. The number of fused-ring (bicyclic) bond motifs is 3. The molecule has 0 atom stereocenters. The monoisotopic (exact) mass is 589 g/mol. The van der Waals surface area contributed by atoms with Crippen molar-refractivity contribution < 1.29 is 19.7 Å². The first kappa shape index (κ1) is 32.1. The van der Waals surface area contributed by atoms with Gasteiger partial charge >= 0.3 is 0 Å². The summed E-state index contributed by atoms with van der Waals surface area (Å²) in [6, 6.07) is 10.8. The largest absolute Gasteiger partial charge is 0.508 e. The highest BCUT2D eigenvalue weighted by Gasteiger charge is 2.25. The summed E-state index contributed by atoms with van der Waals surface area (Å²) >= 11 is 0. The average Bonchev–Trinajstić information content (AvgIpc) is 3.30. The lowest BCUT2D eigenvalue weighted by molar-refractivity contribution is -0.122. The number of nitrogens with one attached hydrogen (secondary N) is 1. The molecule has 4 rings (SSSR count). The Bertz CT molecular complexity index is 1590. The van der Waals surface area contributed by atoms with E-state index >= 15 is 0 Å². The number of ether oxygens (including phenoxy) is 1. The van der Waals surface area contributed by atoms with E-state index in [-0.39, 0.29) is 28.4 Å². The number of aromatic hydroxyl groups is 2. The maximum Gasteiger partial charge on any atom is 0.220 e. The minimum atomic E-state index is -0.339. The lowest BCUT2D eigenvalue weighted by Crippen LogP contribution is -2.44. The molecule has 4 aromatic rings. The van der Waals surface area contributed by atoms with Crippen LogP contribution in [0.3, 0.4) is 0 Å². The predicted molar refractivity (Wildman–Crippen MR) is 173 cm³/mol. The van der Waals surface area contributed by atoms with Crippen LogP contribution in [-0.4, -0.2) is 49.4 Å². The predicted octanol–water partition coefficient (Wildman–Crippen LogP) is 6.35. The summed E-state index contributed by atoms with van der Waals surface area (Å²) in [6.07, 6.45) is 4.78. The van der Waals surface area contributed by atoms with Gasteiger partial charge in [-0.15, -0.1) is 0 Å². The number of benzene rings is 2. The van der Waals surface area contributed by atoms with Crippen LogP contribution in [0.1, 0.15) is 90.6 Å². The second-order valence-corrected chi connectivity index (χ2v) is 12.8. The number of nitrogen functional groups attached to an aromatic ring is 1. The second-order valence-electron chi connectivity index (χ2n) is 12.8. The molecule has 0 aliphatic heterocycles. The number of carbonyl (C=O) groups is 1. The van der Waals surface area contributed by atoms with Crippen LogP contribution in [0.4, 0.5) is 5.82 Å². The van der Waals surface area contributed by atoms with Gasteiger partial charge in [0.2, 0.25) is 5.91 Å². The topological polar surface area (TPSA) is 136 Å². The number of rotatable bonds is 14. The van der Waals surface area contributed by atoms with Gasteiger partial charge in [0.1, 0.15) is 22.8 Å². The zero-order valence-corrected chi connectivity index (χ0v) is 26.5. The summed E-state index contributed by atoms with van der Waals surface area (Å²) < 4.78 is 8.27. The van der Waals surface area contributed by atoms with Crippen LogP contribution in [0, 0.1) is 0 Å². The average molecular weight is 590 g/mol. The van der Waals surface area contributed by atoms with Gasteiger partial charge in [-0.2, -0.15) is 0 Å². The van der Waals surface area contributed by atoms with Crippen molar-refractivity contribution in [2.75, 3.05) is 18.9 Å². The summed E-state index contributed by atoms with van der Waals surface area (Å²) in [6.45, 7) is 13.8. The van der Waals surface area contributed by atoms with E-state index in [1.54, 1.807) is 6.07 Å². The smallest absolute Gasteiger partial charge is 0.220 e. The Morgan fingerprint density at radius 2 is 1.81 bits per heavy atom. The number of phenols is 2. The Morgan fingerprint density at radius 1 is 1.05 bits per heavy atom. The van der Waals surface area contributed by atoms with E-state index in [2.05, 4.69) is 47.8 Å². The Balaban J connectivity index is 1.67. The van der Waals surface area contributed by atoms with Gasteiger partial charge in [0.15, 0.2) is 5.82 Å². The fourth-order valence-electron chi connectivity index (χ4n) is 5.41. The van der Waals surface area contributed by atoms with Crippen LogP contribution in [0.15, 0.2) is 36.4 Å². The van der Waals surface area contributed by atoms with Crippen molar-refractivity contribution in [2.45, 2.75) is 97.6 Å². The lowest BCUT2D eigenvalue weighted by Gasteiger charge is -2.29. The maximum atomic E-state index is 12.1. The number of nitrogens with zero attached hydrogens (tertiary/aromatic N) is 3. The van der Waals surface area contributed by atoms with Crippen LogP contribution in [0.5, 0.6) is 11.5 Å². The summed E-state index contributed by atoms with van der Waals surface area (Å²) in [5.41, 5.74) is 9.74. The number of unbranched alkanes of at least 4 members (excludes halogenated alkanes) is 1. The van der Waals surface area contributed by atoms with Gasteiger partial charge in [-0.25, -0.2) is 9.97 Å². The molecule has 43 heavy (non-hydrogen) atoms. The molecule has 0 spiro atoms. The Labute approximate surface area is 254 Å². The van der Waals surface area contributed by atoms with Gasteiger partial charge in [-0.1, -0.05) is 40.2 Å². The van der Waals surface area contributed by atoms with Crippen molar-refractivity contribution >= 4 is 33.7 Å². The number of phenolic OH excluding ortho intramolecular Hbond substituents is 2. The fourth-order valence-corrected chi connectivity index (χ4v) is 5.41. The SMILES string of the molecule is CCCCc1nc2c(N)nc3ccc(C(C)(C)COCCC(C)(C)NC(=O)CCC)cc3c2n1Cc1cc(O)ccc1O. The summed E-state index contributed by atoms with van der Waals surface area (Å²) in [5.74, 6) is 1.50. The minimum Gasteiger partial charge on any atom is -0.508 e. The van der Waals surface area contributed by atoms with Crippen molar-refractivity contribution in [1.82, 2.24) is 19.9 Å². The first-order valence-corrected chi connectivity index (χ1v) is 15.3. The summed E-state index contributed by atoms with van der Waals surface area (Å²) in [4.78, 5) is 21.7. The summed E-state index contributed by atoms with van der Waals surface area (Å²) in [5, 5.41) is 24.7. The van der Waals surface area contributed by atoms with Crippen molar-refractivity contribution in [3.05, 3.63) is 53.3 Å². The van der Waals surface area contributed by atoms with Gasteiger partial charge in [0.05, 0.1) is 24.2 Å². The number of hydrogen-bond acceptors (Lipinski definition) is 7. The molecule has 2 heterocycles. The molecule has 2 aromatic carbocycles. The van der Waals surface area contributed by atoms with E-state index in [1.165, 1.54) is 12.1 Å². The molecule has 0 aliphatic carbocycles. The number of nitrogens with two attached hydrogens (primary N) is 1. The normalized spacial score (nSPS) is 12.3. The number of anilines is 1. The number of imidazole rings is 1. The summed E-state index contributed by atoms with van der Waals surface area (Å²) in [7, 11) is 0. The van der Waals surface area contributed by atoms with Crippen LogP contribution in [0.25, 0.3) is 21.9 Å². The third-order valence-electron chi connectivity index (χ3n) is 8.00. The molecule has 9 heteroatoms. The first-order valence-electron chi connectivity index (χ1n) is 15.3. The van der Waals surface area contributed by atoms with Gasteiger partial charge < -0.3 is 30.6 Å². The van der Waals surface area contributed by atoms with Gasteiger partial charge in [-0.05, 0) is 69.0 Å². The fraction of sp³-hybridized carbons (Fsp3) is 0.500. The molecule has 0 saturated heterocycles. The zero-order chi connectivity index (χ0) is 31.4. The molecule has 0 unspecified atom stereocenters. The van der Waals surface area contributed by atoms with E-state index in [4.69, 9.17) is 15.5 Å². The van der Waals surface area contributed by atoms with Gasteiger partial charge in [0.25, 0.3) is 0 Å². The van der Waals surface area contributed by atoms with E-state index in [0.717, 1.165) is 53.5 Å². The number of amides is 1. The lowest BCUT2D eigenvalue weighted by atomic mass is 9.84. The van der Waals surface area contributed by atoms with E-state index in [9.17, 15) is 15.0 Å². The molecule has 0 radical (unpaired) electrons. The Morgan fingerprint density at radius 3 is 2.53 bits per heavy atom. The molecule has 0 aliphatic rings. The Hall–Kier alpha value is -3.85. The molecule has 5 N–H and O–H groups in total. The molecule has 0 saturated carbocycles. The molecule has 2 aromatic heterocycles. The zero-order valence-electron chi connectivity index (χ0n) is 26.5. The van der Waals surface area contributed by atoms with Crippen LogP contribution < -0.4 is 11.1 Å². The second kappa shape index (κ2) is 13.2. The van der Waals surface area contributed by atoms with E-state index < -0.39 is 0 Å². The number of aromatic nitrogens is 3. The maximum absolute atomic E-state index is 12.1. The standard InChI is InChI=1S/C34H47N5O4/c1-7-9-11-28-37-30-31(39(28)20-22-18-24(40)13-15-27(22)41)25-19-23(12-14-26(25)36-32(30)35)33(3,4)21-43-17-16-34(5,6)38-29(42)10-8-2/h12-15,18-19,40-41H,7-11,16-17,20-21H2,1-6H3,(H2,35,36)(H,38,42). The molecule has 1 amide bonds. The highest BCUT2D eigenvalue weighted by Crippen LogP contribution is 2.35. The van der Waals surface area contributed by atoms with Crippen molar-refractivity contribution in [1.29, 1.82) is 0 Å². The third-order valence-corrected chi connectivity index (χ3v) is 8.00. The quantitative estimate of drug-likeness (QED) is 0.0994. The van der Waals surface area contributed by atoms with Gasteiger partial charge in [-0.3, -0.25) is 4.79 Å². The highest BCUT2D eigenvalue weighted by molar-refractivity contribution is 6.07. The molecular weight excluding hydrogens is 542 g/mol. The van der Waals surface area contributed by atoms with Crippen LogP contribution in [0.2, 0.25) is 0 Å². The van der Waals surface area contributed by atoms with Crippen molar-refractivity contribution in [3.8, 4) is 11.5 Å². The number of hydrogen-bond donors (Lipinski definition) is 4. The van der Waals surface area contributed by atoms with E-state index in [0.29, 0.717) is 49.5 Å². The van der Waals surface area contributed by atoms with Crippen molar-refractivity contribution in [3.63, 3.8) is 0 Å².